The van der Waals surface area contributed by atoms with Crippen LogP contribution in [0.3, 0.4) is 0 Å². The Bertz CT molecular complexity index is 504. The van der Waals surface area contributed by atoms with Crippen LogP contribution >= 0.6 is 0 Å². The maximum atomic E-state index is 10.9. The Balaban J connectivity index is 2.41. The number of carboxylic acids is 1. The van der Waals surface area contributed by atoms with Crippen LogP contribution in [0.2, 0.25) is 0 Å². The number of carbonyl (C=O) groups is 1. The number of nitro groups is 1. The van der Waals surface area contributed by atoms with E-state index in [4.69, 9.17) is 5.11 Å². The number of aromatic nitrogens is 1. The van der Waals surface area contributed by atoms with Crippen LogP contribution in [-0.2, 0) is 0 Å². The zero-order valence-electron chi connectivity index (χ0n) is 9.31. The van der Waals surface area contributed by atoms with Gasteiger partial charge in [0.2, 0.25) is 5.82 Å². The minimum Gasteiger partial charge on any atom is -0.478 e. The van der Waals surface area contributed by atoms with E-state index in [9.17, 15) is 20.0 Å². The van der Waals surface area contributed by atoms with Crippen molar-refractivity contribution in [1.29, 1.82) is 0 Å². The number of carboxylic acid groups (broad SMARTS) is 1. The smallest absolute Gasteiger partial charge is 0.337 e. The van der Waals surface area contributed by atoms with Gasteiger partial charge in [-0.3, -0.25) is 10.1 Å². The molecule has 0 radical (unpaired) electrons. The van der Waals surface area contributed by atoms with Crippen LogP contribution in [0.15, 0.2) is 12.3 Å². The molecular weight excluding hydrogens is 242 g/mol. The summed E-state index contributed by atoms with van der Waals surface area (Å²) in [6.07, 6.45) is 1.06. The Morgan fingerprint density at radius 1 is 1.61 bits per heavy atom. The predicted molar refractivity (Wildman–Crippen MR) is 60.7 cm³/mol. The maximum Gasteiger partial charge on any atom is 0.337 e. The fraction of sp³-hybridized carbons (Fsp3) is 0.400. The number of β-amino-alcohol motifs (C(OH)–C–C–N with tert-alkyl or cyclic N) is 1. The molecule has 0 saturated carbocycles. The van der Waals surface area contributed by atoms with E-state index in [0.29, 0.717) is 13.0 Å². The quantitative estimate of drug-likeness (QED) is 0.586. The molecule has 1 atom stereocenters. The van der Waals surface area contributed by atoms with Crippen LogP contribution in [-0.4, -0.2) is 45.3 Å². The highest BCUT2D eigenvalue weighted by Gasteiger charge is 2.28. The maximum absolute atomic E-state index is 10.9. The lowest BCUT2D eigenvalue weighted by Crippen LogP contribution is -2.23. The molecule has 1 aromatic rings. The highest BCUT2D eigenvalue weighted by Crippen LogP contribution is 2.29. The topological polar surface area (TPSA) is 117 Å². The van der Waals surface area contributed by atoms with E-state index in [1.54, 1.807) is 4.90 Å². The average molecular weight is 253 g/mol. The van der Waals surface area contributed by atoms with Crippen molar-refractivity contribution in [2.75, 3.05) is 18.0 Å². The summed E-state index contributed by atoms with van der Waals surface area (Å²) < 4.78 is 0. The number of hydrogen-bond acceptors (Lipinski definition) is 6. The second-order valence-electron chi connectivity index (χ2n) is 4.02. The van der Waals surface area contributed by atoms with Crippen molar-refractivity contribution in [3.63, 3.8) is 0 Å². The number of rotatable bonds is 3. The Kier molecular flexibility index (Phi) is 3.11. The fourth-order valence-corrected chi connectivity index (χ4v) is 1.88. The highest BCUT2D eigenvalue weighted by molar-refractivity contribution is 5.88. The Morgan fingerprint density at radius 3 is 2.83 bits per heavy atom. The van der Waals surface area contributed by atoms with Gasteiger partial charge in [-0.25, -0.2) is 9.78 Å². The van der Waals surface area contributed by atoms with Gasteiger partial charge in [-0.15, -0.1) is 0 Å². The van der Waals surface area contributed by atoms with Crippen LogP contribution in [0.4, 0.5) is 11.5 Å². The number of hydrogen-bond donors (Lipinski definition) is 2. The van der Waals surface area contributed by atoms with Gasteiger partial charge >= 0.3 is 11.7 Å². The summed E-state index contributed by atoms with van der Waals surface area (Å²) in [5, 5.41) is 29.1. The lowest BCUT2D eigenvalue weighted by Gasteiger charge is -2.16. The Hall–Kier alpha value is -2.22. The average Bonchev–Trinajstić information content (AvgIpc) is 2.74. The molecule has 0 bridgehead atoms. The molecule has 0 aromatic carbocycles. The Labute approximate surface area is 102 Å². The van der Waals surface area contributed by atoms with E-state index < -0.39 is 17.0 Å². The van der Waals surface area contributed by atoms with Crippen molar-refractivity contribution in [2.24, 2.45) is 0 Å². The van der Waals surface area contributed by atoms with E-state index in [1.165, 1.54) is 0 Å². The molecule has 0 spiro atoms. The van der Waals surface area contributed by atoms with Gasteiger partial charge in [0.1, 0.15) is 0 Å². The molecule has 1 fully saturated rings. The van der Waals surface area contributed by atoms with Crippen LogP contribution in [0.5, 0.6) is 0 Å². The molecule has 8 nitrogen and oxygen atoms in total. The predicted octanol–water partition coefficient (Wildman–Crippen LogP) is 0.259. The van der Waals surface area contributed by atoms with Gasteiger partial charge in [-0.2, -0.15) is 0 Å². The van der Waals surface area contributed by atoms with E-state index in [2.05, 4.69) is 4.98 Å². The molecule has 2 heterocycles. The highest BCUT2D eigenvalue weighted by atomic mass is 16.6. The van der Waals surface area contributed by atoms with E-state index in [-0.39, 0.29) is 23.6 Å². The van der Waals surface area contributed by atoms with E-state index >= 15 is 0 Å². The first-order chi connectivity index (χ1) is 8.49. The van der Waals surface area contributed by atoms with E-state index in [1.807, 2.05) is 0 Å². The van der Waals surface area contributed by atoms with Crippen molar-refractivity contribution in [1.82, 2.24) is 4.98 Å². The van der Waals surface area contributed by atoms with Gasteiger partial charge < -0.3 is 15.1 Å². The standard InChI is InChI=1S/C10H11N3O5/c14-7-1-2-12(5-7)9-8(13(17)18)3-6(4-11-9)10(15)16/h3-4,7,14H,1-2,5H2,(H,15,16). The molecule has 0 amide bonds. The number of aromatic carboxylic acids is 1. The largest absolute Gasteiger partial charge is 0.478 e. The molecule has 1 unspecified atom stereocenters. The molecular formula is C10H11N3O5. The molecule has 1 aliphatic rings. The van der Waals surface area contributed by atoms with Crippen molar-refractivity contribution >= 4 is 17.5 Å². The van der Waals surface area contributed by atoms with Gasteiger partial charge in [0.25, 0.3) is 0 Å². The minimum atomic E-state index is -1.27. The summed E-state index contributed by atoms with van der Waals surface area (Å²) in [5.41, 5.74) is -0.589. The number of pyridine rings is 1. The number of nitrogens with zero attached hydrogens (tertiary/aromatic N) is 3. The third-order valence-corrected chi connectivity index (χ3v) is 2.75. The van der Waals surface area contributed by atoms with Crippen LogP contribution in [0.1, 0.15) is 16.8 Å². The normalized spacial score (nSPS) is 18.9. The van der Waals surface area contributed by atoms with Gasteiger partial charge in [0, 0.05) is 25.4 Å². The van der Waals surface area contributed by atoms with Crippen molar-refractivity contribution < 1.29 is 19.9 Å². The zero-order chi connectivity index (χ0) is 13.3. The van der Waals surface area contributed by atoms with E-state index in [0.717, 1.165) is 12.3 Å². The zero-order valence-corrected chi connectivity index (χ0v) is 9.31. The van der Waals surface area contributed by atoms with Gasteiger partial charge in [0.15, 0.2) is 0 Å². The third-order valence-electron chi connectivity index (χ3n) is 2.75. The monoisotopic (exact) mass is 253 g/mol. The molecule has 1 saturated heterocycles. The summed E-state index contributed by atoms with van der Waals surface area (Å²) in [4.78, 5) is 26.4. The molecule has 2 rings (SSSR count). The van der Waals surface area contributed by atoms with Crippen LogP contribution < -0.4 is 4.90 Å². The summed E-state index contributed by atoms with van der Waals surface area (Å²) in [6, 6.07) is 0.982. The van der Waals surface area contributed by atoms with Crippen LogP contribution in [0.25, 0.3) is 0 Å². The van der Waals surface area contributed by atoms with Crippen molar-refractivity contribution in [2.45, 2.75) is 12.5 Å². The summed E-state index contributed by atoms with van der Waals surface area (Å²) >= 11 is 0. The second kappa shape index (κ2) is 4.57. The van der Waals surface area contributed by atoms with Gasteiger partial charge in [0.05, 0.1) is 16.6 Å². The fourth-order valence-electron chi connectivity index (χ4n) is 1.88. The second-order valence-corrected chi connectivity index (χ2v) is 4.02. The minimum absolute atomic E-state index is 0.0987. The SMILES string of the molecule is O=C(O)c1cnc(N2CCC(O)C2)c([N+](=O)[O-])c1. The summed E-state index contributed by atoms with van der Waals surface area (Å²) in [6.45, 7) is 0.724. The molecule has 8 heteroatoms. The molecule has 0 aliphatic carbocycles. The molecule has 2 N–H and O–H groups in total. The van der Waals surface area contributed by atoms with Gasteiger partial charge in [-0.05, 0) is 6.42 Å². The molecule has 1 aliphatic heterocycles. The van der Waals surface area contributed by atoms with Crippen molar-refractivity contribution in [3.8, 4) is 0 Å². The van der Waals surface area contributed by atoms with Gasteiger partial charge in [-0.1, -0.05) is 0 Å². The molecule has 18 heavy (non-hydrogen) atoms. The third kappa shape index (κ3) is 2.23. The summed E-state index contributed by atoms with van der Waals surface area (Å²) in [7, 11) is 0. The molecule has 96 valence electrons. The number of anilines is 1. The first-order valence-electron chi connectivity index (χ1n) is 5.30. The first-order valence-corrected chi connectivity index (χ1v) is 5.30. The number of aliphatic hydroxyl groups excluding tert-OH is 1. The van der Waals surface area contributed by atoms with Crippen molar-refractivity contribution in [3.05, 3.63) is 27.9 Å². The summed E-state index contributed by atoms with van der Waals surface area (Å²) in [5.74, 6) is -1.17. The molecule has 1 aromatic heterocycles. The first kappa shape index (κ1) is 12.2. The lowest BCUT2D eigenvalue weighted by molar-refractivity contribution is -0.384. The Morgan fingerprint density at radius 2 is 2.33 bits per heavy atom. The van der Waals surface area contributed by atoms with Crippen LogP contribution in [0, 0.1) is 10.1 Å². The number of aliphatic hydroxyl groups is 1. The lowest BCUT2D eigenvalue weighted by atomic mass is 10.2.